The fraction of sp³-hybridized carbons (Fsp3) is 0.679. The Bertz CT molecular complexity index is 783. The number of hydrogen-bond acceptors (Lipinski definition) is 5. The molecule has 0 amide bonds. The molecule has 0 aromatic heterocycles. The second-order valence-electron chi connectivity index (χ2n) is 10.5. The van der Waals surface area contributed by atoms with Crippen molar-refractivity contribution < 1.29 is 19.1 Å². The van der Waals surface area contributed by atoms with E-state index in [1.807, 2.05) is 12.1 Å². The van der Waals surface area contributed by atoms with Crippen LogP contribution in [0.4, 0.5) is 4.79 Å². The van der Waals surface area contributed by atoms with Crippen molar-refractivity contribution in [1.29, 1.82) is 0 Å². The minimum absolute atomic E-state index is 0.150. The van der Waals surface area contributed by atoms with Crippen LogP contribution < -0.4 is 9.57 Å². The van der Waals surface area contributed by atoms with Crippen LogP contribution in [-0.2, 0) is 11.2 Å². The Morgan fingerprint density at radius 3 is 2.33 bits per heavy atom. The van der Waals surface area contributed by atoms with Crippen molar-refractivity contribution in [3.8, 4) is 11.5 Å². The summed E-state index contributed by atoms with van der Waals surface area (Å²) in [5.41, 5.74) is 1.39. The van der Waals surface area contributed by atoms with E-state index < -0.39 is 6.16 Å². The van der Waals surface area contributed by atoms with Gasteiger partial charge < -0.3 is 14.3 Å². The van der Waals surface area contributed by atoms with Crippen molar-refractivity contribution in [1.82, 2.24) is 5.06 Å². The SMILES string of the molecule is C=Cc1ccc(CC)c(ON2C(C)(C)CCCC2(C)C)c1OC(=O)OCC(CC)CCCC. The first-order valence-corrected chi connectivity index (χ1v) is 12.7. The maximum absolute atomic E-state index is 12.7. The maximum atomic E-state index is 12.7. The van der Waals surface area contributed by atoms with Gasteiger partial charge in [-0.1, -0.05) is 64.8 Å². The number of nitrogens with zero attached hydrogens (tertiary/aromatic N) is 1. The van der Waals surface area contributed by atoms with Gasteiger partial charge in [0.05, 0.1) is 17.7 Å². The second-order valence-corrected chi connectivity index (χ2v) is 10.5. The molecule has 1 aliphatic rings. The molecule has 2 rings (SSSR count). The lowest BCUT2D eigenvalue weighted by Gasteiger charge is -2.51. The molecule has 1 atom stereocenters. The molecular formula is C28H45NO4. The van der Waals surface area contributed by atoms with Crippen molar-refractivity contribution in [2.24, 2.45) is 5.92 Å². The highest BCUT2D eigenvalue weighted by Gasteiger charge is 2.44. The smallest absolute Gasteiger partial charge is 0.434 e. The number of hydroxylamine groups is 2. The number of carbonyl (C=O) groups is 1. The predicted molar refractivity (Wildman–Crippen MR) is 136 cm³/mol. The van der Waals surface area contributed by atoms with E-state index in [1.54, 1.807) is 6.08 Å². The molecule has 5 nitrogen and oxygen atoms in total. The average molecular weight is 460 g/mol. The summed E-state index contributed by atoms with van der Waals surface area (Å²) >= 11 is 0. The quantitative estimate of drug-likeness (QED) is 0.248. The van der Waals surface area contributed by atoms with Crippen molar-refractivity contribution >= 4 is 12.2 Å². The summed E-state index contributed by atoms with van der Waals surface area (Å²) in [6.07, 6.45) is 9.27. The van der Waals surface area contributed by atoms with Gasteiger partial charge in [-0.3, -0.25) is 0 Å². The van der Waals surface area contributed by atoms with E-state index in [0.29, 0.717) is 29.6 Å². The molecule has 0 saturated carbocycles. The zero-order chi connectivity index (χ0) is 24.6. The molecule has 0 bridgehead atoms. The summed E-state index contributed by atoms with van der Waals surface area (Å²) in [6.45, 7) is 19.5. The lowest BCUT2D eigenvalue weighted by molar-refractivity contribution is -0.217. The Balaban J connectivity index is 2.32. The third-order valence-electron chi connectivity index (χ3n) is 6.85. The summed E-state index contributed by atoms with van der Waals surface area (Å²) in [5, 5.41) is 2.08. The van der Waals surface area contributed by atoms with E-state index in [4.69, 9.17) is 14.3 Å². The van der Waals surface area contributed by atoms with Gasteiger partial charge in [0.15, 0.2) is 11.5 Å². The Morgan fingerprint density at radius 1 is 1.12 bits per heavy atom. The highest BCUT2D eigenvalue weighted by atomic mass is 16.7. The third kappa shape index (κ3) is 6.99. The Hall–Kier alpha value is -2.01. The van der Waals surface area contributed by atoms with E-state index in [2.05, 4.69) is 60.1 Å². The molecule has 1 fully saturated rings. The number of benzene rings is 1. The number of aryl methyl sites for hydroxylation is 1. The molecule has 0 aliphatic carbocycles. The summed E-state index contributed by atoms with van der Waals surface area (Å²) in [4.78, 5) is 19.4. The largest absolute Gasteiger partial charge is 0.514 e. The first-order valence-electron chi connectivity index (χ1n) is 12.7. The first-order chi connectivity index (χ1) is 15.6. The van der Waals surface area contributed by atoms with Crippen LogP contribution in [0.15, 0.2) is 18.7 Å². The monoisotopic (exact) mass is 459 g/mol. The highest BCUT2D eigenvalue weighted by molar-refractivity contribution is 5.71. The van der Waals surface area contributed by atoms with Crippen LogP contribution >= 0.6 is 0 Å². The molecule has 33 heavy (non-hydrogen) atoms. The number of carbonyl (C=O) groups excluding carboxylic acids is 1. The molecule has 1 unspecified atom stereocenters. The molecule has 186 valence electrons. The molecule has 0 N–H and O–H groups in total. The maximum Gasteiger partial charge on any atom is 0.514 e. The number of rotatable bonds is 11. The zero-order valence-corrected chi connectivity index (χ0v) is 22.0. The van der Waals surface area contributed by atoms with E-state index in [0.717, 1.165) is 56.9 Å². The molecule has 1 aromatic rings. The van der Waals surface area contributed by atoms with Crippen LogP contribution in [0.5, 0.6) is 11.5 Å². The van der Waals surface area contributed by atoms with Crippen LogP contribution in [0, 0.1) is 5.92 Å². The van der Waals surface area contributed by atoms with Gasteiger partial charge in [0.2, 0.25) is 0 Å². The van der Waals surface area contributed by atoms with Gasteiger partial charge in [-0.2, -0.15) is 0 Å². The van der Waals surface area contributed by atoms with Gasteiger partial charge in [-0.25, -0.2) is 4.79 Å². The minimum atomic E-state index is -0.691. The number of unbranched alkanes of at least 4 members (excludes halogenated alkanes) is 1. The van der Waals surface area contributed by atoms with Crippen molar-refractivity contribution in [2.75, 3.05) is 6.61 Å². The van der Waals surface area contributed by atoms with E-state index >= 15 is 0 Å². The summed E-state index contributed by atoms with van der Waals surface area (Å²) < 4.78 is 11.3. The normalized spacial score (nSPS) is 18.4. The van der Waals surface area contributed by atoms with Gasteiger partial charge >= 0.3 is 6.16 Å². The van der Waals surface area contributed by atoms with Crippen LogP contribution in [0.3, 0.4) is 0 Å². The van der Waals surface area contributed by atoms with Gasteiger partial charge in [-0.05, 0) is 65.7 Å². The predicted octanol–water partition coefficient (Wildman–Crippen LogP) is 7.96. The van der Waals surface area contributed by atoms with Crippen LogP contribution in [0.2, 0.25) is 0 Å². The Labute approximate surface area is 201 Å². The number of ether oxygens (including phenoxy) is 2. The van der Waals surface area contributed by atoms with Gasteiger partial charge in [0.1, 0.15) is 0 Å². The number of hydrogen-bond donors (Lipinski definition) is 0. The average Bonchev–Trinajstić information content (AvgIpc) is 2.76. The van der Waals surface area contributed by atoms with Crippen LogP contribution in [0.25, 0.3) is 6.08 Å². The van der Waals surface area contributed by atoms with Gasteiger partial charge in [0.25, 0.3) is 0 Å². The summed E-state index contributed by atoms with van der Waals surface area (Å²) in [5.74, 6) is 1.31. The molecule has 0 radical (unpaired) electrons. The van der Waals surface area contributed by atoms with Crippen molar-refractivity contribution in [3.63, 3.8) is 0 Å². The summed E-state index contributed by atoms with van der Waals surface area (Å²) in [6, 6.07) is 3.94. The van der Waals surface area contributed by atoms with Crippen LogP contribution in [0.1, 0.15) is 105 Å². The Kier molecular flexibility index (Phi) is 9.84. The van der Waals surface area contributed by atoms with E-state index in [-0.39, 0.29) is 11.1 Å². The highest BCUT2D eigenvalue weighted by Crippen LogP contribution is 2.43. The zero-order valence-electron chi connectivity index (χ0n) is 22.0. The first kappa shape index (κ1) is 27.2. The molecule has 5 heteroatoms. The molecule has 1 heterocycles. The molecule has 1 aromatic carbocycles. The topological polar surface area (TPSA) is 48.0 Å². The van der Waals surface area contributed by atoms with Gasteiger partial charge in [-0.15, -0.1) is 5.06 Å². The van der Waals surface area contributed by atoms with E-state index in [1.165, 1.54) is 0 Å². The second kappa shape index (κ2) is 11.9. The molecule has 1 saturated heterocycles. The van der Waals surface area contributed by atoms with Crippen molar-refractivity contribution in [3.05, 3.63) is 29.8 Å². The minimum Gasteiger partial charge on any atom is -0.434 e. The van der Waals surface area contributed by atoms with E-state index in [9.17, 15) is 4.79 Å². The fourth-order valence-corrected chi connectivity index (χ4v) is 4.77. The third-order valence-corrected chi connectivity index (χ3v) is 6.85. The molecule has 0 spiro atoms. The van der Waals surface area contributed by atoms with Crippen LogP contribution in [-0.4, -0.2) is 28.9 Å². The molecule has 1 aliphatic heterocycles. The lowest BCUT2D eigenvalue weighted by atomic mass is 9.82. The fourth-order valence-electron chi connectivity index (χ4n) is 4.77. The van der Waals surface area contributed by atoms with Gasteiger partial charge in [0, 0.05) is 11.1 Å². The summed E-state index contributed by atoms with van der Waals surface area (Å²) in [7, 11) is 0. The Morgan fingerprint density at radius 2 is 1.79 bits per heavy atom. The lowest BCUT2D eigenvalue weighted by Crippen LogP contribution is -2.60. The van der Waals surface area contributed by atoms with Crippen molar-refractivity contribution in [2.45, 2.75) is 111 Å². The molecular weight excluding hydrogens is 414 g/mol. The number of piperidine rings is 1. The standard InChI is InChI=1S/C28H45NO4/c1-9-13-15-21(10-2)20-31-26(30)32-24-22(11-3)16-17-23(12-4)25(24)33-29-27(5,6)18-14-19-28(29,7)8/h11,16-17,21H,3,9-10,12-15,18-20H2,1-2,4-8H3.